The number of hydrogen-bond acceptors (Lipinski definition) is 2. The number of nitrogens with zero attached hydrogens (tertiary/aromatic N) is 1. The van der Waals surface area contributed by atoms with Crippen LogP contribution in [0.1, 0.15) is 16.8 Å². The number of aryl methyl sites for hydroxylation is 2. The van der Waals surface area contributed by atoms with E-state index in [1.165, 1.54) is 11.1 Å². The van der Waals surface area contributed by atoms with Crippen LogP contribution in [0.4, 0.5) is 5.69 Å². The van der Waals surface area contributed by atoms with Crippen LogP contribution in [-0.4, -0.2) is 4.98 Å². The molecule has 0 aliphatic rings. The molecule has 0 fully saturated rings. The average molecular weight is 212 g/mol. The zero-order valence-corrected chi connectivity index (χ0v) is 9.70. The zero-order chi connectivity index (χ0) is 11.4. The normalized spacial score (nSPS) is 10.1. The minimum absolute atomic E-state index is 0.774. The average Bonchev–Trinajstić information content (AvgIpc) is 2.30. The van der Waals surface area contributed by atoms with E-state index in [-0.39, 0.29) is 0 Å². The highest BCUT2D eigenvalue weighted by Crippen LogP contribution is 2.11. The molecule has 1 heterocycles. The fourth-order valence-electron chi connectivity index (χ4n) is 1.56. The van der Waals surface area contributed by atoms with Gasteiger partial charge in [-0.15, -0.1) is 0 Å². The Bertz CT molecular complexity index is 460. The van der Waals surface area contributed by atoms with Crippen LogP contribution >= 0.6 is 0 Å². The molecule has 16 heavy (non-hydrogen) atoms. The second-order valence-corrected chi connectivity index (χ2v) is 3.99. The minimum atomic E-state index is 0.774. The van der Waals surface area contributed by atoms with Crippen molar-refractivity contribution < 1.29 is 0 Å². The molecule has 1 aromatic carbocycles. The van der Waals surface area contributed by atoms with E-state index >= 15 is 0 Å². The van der Waals surface area contributed by atoms with E-state index in [0.29, 0.717) is 0 Å². The smallest absolute Gasteiger partial charge is 0.0623 e. The topological polar surface area (TPSA) is 24.9 Å². The summed E-state index contributed by atoms with van der Waals surface area (Å²) in [7, 11) is 0. The predicted molar refractivity (Wildman–Crippen MR) is 67.5 cm³/mol. The number of nitrogens with one attached hydrogen (secondary N) is 1. The monoisotopic (exact) mass is 212 g/mol. The summed E-state index contributed by atoms with van der Waals surface area (Å²) in [6, 6.07) is 12.4. The fraction of sp³-hybridized carbons (Fsp3) is 0.214. The van der Waals surface area contributed by atoms with Crippen LogP contribution < -0.4 is 5.32 Å². The van der Waals surface area contributed by atoms with Crippen LogP contribution in [0.3, 0.4) is 0 Å². The fourth-order valence-corrected chi connectivity index (χ4v) is 1.56. The van der Waals surface area contributed by atoms with Gasteiger partial charge in [0.05, 0.1) is 12.2 Å². The summed E-state index contributed by atoms with van der Waals surface area (Å²) in [4.78, 5) is 4.35. The molecule has 0 radical (unpaired) electrons. The Balaban J connectivity index is 2.02. The van der Waals surface area contributed by atoms with Crippen molar-refractivity contribution in [1.29, 1.82) is 0 Å². The molecule has 0 bridgehead atoms. The van der Waals surface area contributed by atoms with Gasteiger partial charge in [0.15, 0.2) is 0 Å². The van der Waals surface area contributed by atoms with Crippen LogP contribution in [0.2, 0.25) is 0 Å². The number of anilines is 1. The lowest BCUT2D eigenvalue weighted by atomic mass is 10.2. The number of hydrogen-bond donors (Lipinski definition) is 1. The van der Waals surface area contributed by atoms with Gasteiger partial charge >= 0.3 is 0 Å². The first kappa shape index (κ1) is 10.7. The first-order chi connectivity index (χ1) is 7.75. The van der Waals surface area contributed by atoms with E-state index in [4.69, 9.17) is 0 Å². The summed E-state index contributed by atoms with van der Waals surface area (Å²) in [6.45, 7) is 4.95. The van der Waals surface area contributed by atoms with Gasteiger partial charge in [0.1, 0.15) is 0 Å². The molecule has 0 spiro atoms. The molecule has 2 heteroatoms. The Hall–Kier alpha value is -1.83. The van der Waals surface area contributed by atoms with Crippen LogP contribution in [0, 0.1) is 13.8 Å². The number of aromatic nitrogens is 1. The first-order valence-corrected chi connectivity index (χ1v) is 5.47. The molecule has 0 saturated heterocycles. The van der Waals surface area contributed by atoms with E-state index in [0.717, 1.165) is 17.9 Å². The van der Waals surface area contributed by atoms with Gasteiger partial charge in [-0.2, -0.15) is 0 Å². The van der Waals surface area contributed by atoms with Gasteiger partial charge in [0, 0.05) is 11.9 Å². The molecule has 1 aromatic heterocycles. The van der Waals surface area contributed by atoms with Gasteiger partial charge in [-0.3, -0.25) is 4.98 Å². The lowest BCUT2D eigenvalue weighted by Gasteiger charge is -2.08. The maximum Gasteiger partial charge on any atom is 0.0623 e. The Labute approximate surface area is 96.4 Å². The Morgan fingerprint density at radius 1 is 1.06 bits per heavy atom. The molecule has 0 aliphatic carbocycles. The van der Waals surface area contributed by atoms with Crippen LogP contribution in [0.5, 0.6) is 0 Å². The van der Waals surface area contributed by atoms with Gasteiger partial charge in [-0.1, -0.05) is 23.8 Å². The lowest BCUT2D eigenvalue weighted by Crippen LogP contribution is -2.03. The van der Waals surface area contributed by atoms with Crippen LogP contribution in [0.15, 0.2) is 42.6 Å². The molecular weight excluding hydrogens is 196 g/mol. The van der Waals surface area contributed by atoms with Crippen molar-refractivity contribution in [3.63, 3.8) is 0 Å². The second kappa shape index (κ2) is 4.79. The Morgan fingerprint density at radius 3 is 2.50 bits per heavy atom. The van der Waals surface area contributed by atoms with Crippen molar-refractivity contribution in [2.24, 2.45) is 0 Å². The van der Waals surface area contributed by atoms with Crippen molar-refractivity contribution >= 4 is 5.69 Å². The highest BCUT2D eigenvalue weighted by Gasteiger charge is 1.98. The standard InChI is InChI=1S/C14H16N2/c1-11-5-7-13(8-6-11)16-10-14-12(2)4-3-9-15-14/h3-9,16H,10H2,1-2H3. The van der Waals surface area contributed by atoms with Crippen molar-refractivity contribution in [3.05, 3.63) is 59.4 Å². The minimum Gasteiger partial charge on any atom is -0.379 e. The highest BCUT2D eigenvalue weighted by atomic mass is 14.9. The van der Waals surface area contributed by atoms with E-state index in [2.05, 4.69) is 54.5 Å². The van der Waals surface area contributed by atoms with E-state index in [1.54, 1.807) is 0 Å². The third-order valence-electron chi connectivity index (χ3n) is 2.63. The molecule has 0 aliphatic heterocycles. The third-order valence-corrected chi connectivity index (χ3v) is 2.63. The van der Waals surface area contributed by atoms with Crippen LogP contribution in [0.25, 0.3) is 0 Å². The highest BCUT2D eigenvalue weighted by molar-refractivity contribution is 5.44. The zero-order valence-electron chi connectivity index (χ0n) is 9.70. The van der Waals surface area contributed by atoms with Crippen molar-refractivity contribution in [3.8, 4) is 0 Å². The molecule has 2 rings (SSSR count). The summed E-state index contributed by atoms with van der Waals surface area (Å²) in [5, 5.41) is 3.37. The molecule has 1 N–H and O–H groups in total. The lowest BCUT2D eigenvalue weighted by molar-refractivity contribution is 1.02. The summed E-state index contributed by atoms with van der Waals surface area (Å²) < 4.78 is 0. The van der Waals surface area contributed by atoms with Gasteiger partial charge in [0.25, 0.3) is 0 Å². The van der Waals surface area contributed by atoms with Gasteiger partial charge in [0.2, 0.25) is 0 Å². The van der Waals surface area contributed by atoms with Gasteiger partial charge < -0.3 is 5.32 Å². The second-order valence-electron chi connectivity index (χ2n) is 3.99. The maximum absolute atomic E-state index is 4.35. The van der Waals surface area contributed by atoms with Crippen molar-refractivity contribution in [2.45, 2.75) is 20.4 Å². The van der Waals surface area contributed by atoms with Gasteiger partial charge in [-0.05, 0) is 37.6 Å². The number of benzene rings is 1. The van der Waals surface area contributed by atoms with Crippen LogP contribution in [-0.2, 0) is 6.54 Å². The largest absolute Gasteiger partial charge is 0.379 e. The van der Waals surface area contributed by atoms with Crippen molar-refractivity contribution in [2.75, 3.05) is 5.32 Å². The summed E-state index contributed by atoms with van der Waals surface area (Å²) in [5.41, 5.74) is 4.74. The molecule has 0 unspecified atom stereocenters. The number of pyridine rings is 1. The molecular formula is C14H16N2. The Kier molecular flexibility index (Phi) is 3.20. The predicted octanol–water partition coefficient (Wildman–Crippen LogP) is 3.31. The molecule has 2 aromatic rings. The molecule has 0 saturated carbocycles. The third kappa shape index (κ3) is 2.60. The molecule has 0 atom stereocenters. The van der Waals surface area contributed by atoms with E-state index in [1.807, 2.05) is 12.3 Å². The summed E-state index contributed by atoms with van der Waals surface area (Å²) in [5.74, 6) is 0. The quantitative estimate of drug-likeness (QED) is 0.844. The molecule has 2 nitrogen and oxygen atoms in total. The van der Waals surface area contributed by atoms with E-state index < -0.39 is 0 Å². The maximum atomic E-state index is 4.35. The van der Waals surface area contributed by atoms with Crippen molar-refractivity contribution in [1.82, 2.24) is 4.98 Å². The summed E-state index contributed by atoms with van der Waals surface area (Å²) in [6.07, 6.45) is 1.83. The molecule has 82 valence electrons. The Morgan fingerprint density at radius 2 is 1.81 bits per heavy atom. The SMILES string of the molecule is Cc1ccc(NCc2ncccc2C)cc1. The first-order valence-electron chi connectivity index (χ1n) is 5.47. The number of rotatable bonds is 3. The molecule has 0 amide bonds. The van der Waals surface area contributed by atoms with E-state index in [9.17, 15) is 0 Å². The summed E-state index contributed by atoms with van der Waals surface area (Å²) >= 11 is 0. The van der Waals surface area contributed by atoms with Gasteiger partial charge in [-0.25, -0.2) is 0 Å².